The molecule has 0 saturated heterocycles. The molecule has 2 aromatic rings. The van der Waals surface area contributed by atoms with Crippen molar-refractivity contribution in [1.29, 1.82) is 0 Å². The van der Waals surface area contributed by atoms with Crippen LogP contribution in [0.1, 0.15) is 45.5 Å². The van der Waals surface area contributed by atoms with Gasteiger partial charge in [-0.05, 0) is 17.4 Å². The van der Waals surface area contributed by atoms with Crippen molar-refractivity contribution in [1.82, 2.24) is 9.97 Å². The number of nitrogens with zero attached hydrogens (tertiary/aromatic N) is 2. The van der Waals surface area contributed by atoms with E-state index in [-0.39, 0.29) is 5.41 Å². The molecule has 0 atom stereocenters. The standard InChI is InChI=1S/C17H23N3/c1-5-6-16-19-14(11-15(18)20-16)12-7-9-13(10-8-12)17(2,3)4/h7-11H,5-6H2,1-4H3,(H2,18,19,20). The molecular formula is C17H23N3. The van der Waals surface area contributed by atoms with Crippen molar-refractivity contribution >= 4 is 5.82 Å². The maximum absolute atomic E-state index is 5.88. The molecule has 0 aliphatic heterocycles. The first kappa shape index (κ1) is 14.5. The van der Waals surface area contributed by atoms with Crippen molar-refractivity contribution in [3.63, 3.8) is 0 Å². The van der Waals surface area contributed by atoms with E-state index in [9.17, 15) is 0 Å². The van der Waals surface area contributed by atoms with Crippen LogP contribution in [-0.2, 0) is 11.8 Å². The van der Waals surface area contributed by atoms with Gasteiger partial charge in [0.15, 0.2) is 0 Å². The summed E-state index contributed by atoms with van der Waals surface area (Å²) in [5.41, 5.74) is 9.35. The summed E-state index contributed by atoms with van der Waals surface area (Å²) in [6.45, 7) is 8.75. The molecule has 0 amide bonds. The predicted molar refractivity (Wildman–Crippen MR) is 84.6 cm³/mol. The fourth-order valence-corrected chi connectivity index (χ4v) is 2.14. The number of anilines is 1. The minimum atomic E-state index is 0.163. The molecule has 2 N–H and O–H groups in total. The smallest absolute Gasteiger partial charge is 0.131 e. The molecule has 0 saturated carbocycles. The van der Waals surface area contributed by atoms with Gasteiger partial charge in [-0.15, -0.1) is 0 Å². The van der Waals surface area contributed by atoms with Crippen LogP contribution < -0.4 is 5.73 Å². The lowest BCUT2D eigenvalue weighted by molar-refractivity contribution is 0.590. The van der Waals surface area contributed by atoms with Crippen molar-refractivity contribution in [2.75, 3.05) is 5.73 Å². The second kappa shape index (κ2) is 5.61. The molecule has 0 bridgehead atoms. The summed E-state index contributed by atoms with van der Waals surface area (Å²) in [5.74, 6) is 1.36. The summed E-state index contributed by atoms with van der Waals surface area (Å²) in [6, 6.07) is 10.4. The largest absolute Gasteiger partial charge is 0.384 e. The highest BCUT2D eigenvalue weighted by Gasteiger charge is 2.13. The second-order valence-electron chi connectivity index (χ2n) is 6.17. The molecule has 2 rings (SSSR count). The number of nitrogens with two attached hydrogens (primary N) is 1. The second-order valence-corrected chi connectivity index (χ2v) is 6.17. The Bertz CT molecular complexity index is 580. The number of aryl methyl sites for hydroxylation is 1. The molecule has 0 fully saturated rings. The van der Waals surface area contributed by atoms with Gasteiger partial charge in [0.1, 0.15) is 11.6 Å². The van der Waals surface area contributed by atoms with E-state index in [1.807, 2.05) is 6.07 Å². The van der Waals surface area contributed by atoms with E-state index < -0.39 is 0 Å². The third kappa shape index (κ3) is 3.35. The maximum Gasteiger partial charge on any atom is 0.131 e. The molecule has 0 spiro atoms. The van der Waals surface area contributed by atoms with Gasteiger partial charge >= 0.3 is 0 Å². The molecule has 1 heterocycles. The van der Waals surface area contributed by atoms with Gasteiger partial charge in [0.2, 0.25) is 0 Å². The van der Waals surface area contributed by atoms with Crippen LogP contribution in [0.2, 0.25) is 0 Å². The van der Waals surface area contributed by atoms with Crippen molar-refractivity contribution < 1.29 is 0 Å². The van der Waals surface area contributed by atoms with Crippen molar-refractivity contribution in [2.45, 2.75) is 46.0 Å². The Morgan fingerprint density at radius 2 is 1.70 bits per heavy atom. The highest BCUT2D eigenvalue weighted by atomic mass is 14.9. The molecule has 0 unspecified atom stereocenters. The Hall–Kier alpha value is -1.90. The van der Waals surface area contributed by atoms with Crippen LogP contribution in [0.25, 0.3) is 11.3 Å². The van der Waals surface area contributed by atoms with Crippen LogP contribution in [0.4, 0.5) is 5.82 Å². The van der Waals surface area contributed by atoms with Crippen LogP contribution in [0.3, 0.4) is 0 Å². The number of rotatable bonds is 3. The lowest BCUT2D eigenvalue weighted by Crippen LogP contribution is -2.10. The van der Waals surface area contributed by atoms with Gasteiger partial charge < -0.3 is 5.73 Å². The van der Waals surface area contributed by atoms with Gasteiger partial charge in [-0.2, -0.15) is 0 Å². The molecule has 20 heavy (non-hydrogen) atoms. The average molecular weight is 269 g/mol. The van der Waals surface area contributed by atoms with Gasteiger partial charge in [0, 0.05) is 18.1 Å². The molecule has 3 heteroatoms. The van der Waals surface area contributed by atoms with Crippen LogP contribution in [-0.4, -0.2) is 9.97 Å². The summed E-state index contributed by atoms with van der Waals surface area (Å²) < 4.78 is 0. The van der Waals surface area contributed by atoms with Crippen LogP contribution in [0, 0.1) is 0 Å². The molecule has 1 aromatic heterocycles. The fourth-order valence-electron chi connectivity index (χ4n) is 2.14. The highest BCUT2D eigenvalue weighted by molar-refractivity contribution is 5.62. The summed E-state index contributed by atoms with van der Waals surface area (Å²) in [7, 11) is 0. The Balaban J connectivity index is 2.36. The first-order valence-electron chi connectivity index (χ1n) is 7.14. The molecule has 0 radical (unpaired) electrons. The molecule has 106 valence electrons. The van der Waals surface area contributed by atoms with Gasteiger partial charge in [-0.3, -0.25) is 0 Å². The zero-order valence-corrected chi connectivity index (χ0v) is 12.8. The van der Waals surface area contributed by atoms with Gasteiger partial charge in [0.05, 0.1) is 5.69 Å². The van der Waals surface area contributed by atoms with Gasteiger partial charge in [-0.1, -0.05) is 52.0 Å². The Labute approximate surface area is 121 Å². The lowest BCUT2D eigenvalue weighted by atomic mass is 9.86. The van der Waals surface area contributed by atoms with Crippen molar-refractivity contribution in [2.24, 2.45) is 0 Å². The van der Waals surface area contributed by atoms with Crippen molar-refractivity contribution in [3.8, 4) is 11.3 Å². The SMILES string of the molecule is CCCc1nc(N)cc(-c2ccc(C(C)(C)C)cc2)n1. The molecule has 1 aromatic carbocycles. The topological polar surface area (TPSA) is 51.8 Å². The van der Waals surface area contributed by atoms with Gasteiger partial charge in [0.25, 0.3) is 0 Å². The van der Waals surface area contributed by atoms with Crippen LogP contribution in [0.15, 0.2) is 30.3 Å². The van der Waals surface area contributed by atoms with E-state index in [0.717, 1.165) is 29.9 Å². The van der Waals surface area contributed by atoms with Gasteiger partial charge in [-0.25, -0.2) is 9.97 Å². The molecular weight excluding hydrogens is 246 g/mol. The third-order valence-corrected chi connectivity index (χ3v) is 3.31. The minimum Gasteiger partial charge on any atom is -0.384 e. The number of hydrogen-bond donors (Lipinski definition) is 1. The first-order chi connectivity index (χ1) is 9.40. The normalized spacial score (nSPS) is 11.6. The van der Waals surface area contributed by atoms with E-state index in [1.54, 1.807) is 0 Å². The summed E-state index contributed by atoms with van der Waals surface area (Å²) >= 11 is 0. The molecule has 0 aliphatic carbocycles. The van der Waals surface area contributed by atoms with Crippen LogP contribution in [0.5, 0.6) is 0 Å². The Morgan fingerprint density at radius 3 is 2.25 bits per heavy atom. The maximum atomic E-state index is 5.88. The Kier molecular flexibility index (Phi) is 4.07. The highest BCUT2D eigenvalue weighted by Crippen LogP contribution is 2.26. The van der Waals surface area contributed by atoms with E-state index in [1.165, 1.54) is 5.56 Å². The van der Waals surface area contributed by atoms with Crippen molar-refractivity contribution in [3.05, 3.63) is 41.7 Å². The lowest BCUT2D eigenvalue weighted by Gasteiger charge is -2.19. The predicted octanol–water partition coefficient (Wildman–Crippen LogP) is 3.98. The van der Waals surface area contributed by atoms with E-state index in [2.05, 4.69) is 61.9 Å². The number of hydrogen-bond acceptors (Lipinski definition) is 3. The molecule has 0 aliphatic rings. The first-order valence-corrected chi connectivity index (χ1v) is 7.14. The van der Waals surface area contributed by atoms with E-state index in [0.29, 0.717) is 5.82 Å². The third-order valence-electron chi connectivity index (χ3n) is 3.31. The number of nitrogen functional groups attached to an aromatic ring is 1. The van der Waals surface area contributed by atoms with Crippen LogP contribution >= 0.6 is 0 Å². The number of aromatic nitrogens is 2. The minimum absolute atomic E-state index is 0.163. The summed E-state index contributed by atoms with van der Waals surface area (Å²) in [5, 5.41) is 0. The quantitative estimate of drug-likeness (QED) is 0.917. The number of benzene rings is 1. The zero-order chi connectivity index (χ0) is 14.8. The zero-order valence-electron chi connectivity index (χ0n) is 12.8. The summed E-state index contributed by atoms with van der Waals surface area (Å²) in [6.07, 6.45) is 1.88. The summed E-state index contributed by atoms with van der Waals surface area (Å²) in [4.78, 5) is 8.87. The fraction of sp³-hybridized carbons (Fsp3) is 0.412. The van der Waals surface area contributed by atoms with E-state index in [4.69, 9.17) is 5.73 Å². The van der Waals surface area contributed by atoms with E-state index >= 15 is 0 Å². The monoisotopic (exact) mass is 269 g/mol. The Morgan fingerprint density at radius 1 is 1.05 bits per heavy atom. The average Bonchev–Trinajstić information content (AvgIpc) is 2.37. The molecule has 3 nitrogen and oxygen atoms in total.